The molecule has 1 aromatic carbocycles. The van der Waals surface area contributed by atoms with Crippen LogP contribution in [0.5, 0.6) is 0 Å². The van der Waals surface area contributed by atoms with Crippen LogP contribution in [0.3, 0.4) is 0 Å². The number of benzene rings is 1. The summed E-state index contributed by atoms with van der Waals surface area (Å²) in [6, 6.07) is 3.56. The molecular formula is C22H25F2N5O2. The van der Waals surface area contributed by atoms with Crippen LogP contribution in [0.15, 0.2) is 18.2 Å². The third kappa shape index (κ3) is 3.29. The highest BCUT2D eigenvalue weighted by atomic mass is 19.1. The number of piperidine rings is 1. The Morgan fingerprint density at radius 2 is 1.97 bits per heavy atom. The van der Waals surface area contributed by atoms with Crippen LogP contribution in [0.2, 0.25) is 0 Å². The highest BCUT2D eigenvalue weighted by molar-refractivity contribution is 5.87. The van der Waals surface area contributed by atoms with Crippen LogP contribution in [-0.2, 0) is 9.59 Å². The van der Waals surface area contributed by atoms with Crippen LogP contribution in [0.1, 0.15) is 37.8 Å². The molecule has 0 aromatic heterocycles. The summed E-state index contributed by atoms with van der Waals surface area (Å²) in [4.78, 5) is 31.2. The lowest BCUT2D eigenvalue weighted by Crippen LogP contribution is -2.57. The average Bonchev–Trinajstić information content (AvgIpc) is 3.05. The molecule has 3 heterocycles. The molecule has 31 heavy (non-hydrogen) atoms. The fourth-order valence-corrected chi connectivity index (χ4v) is 5.79. The molecule has 0 unspecified atom stereocenters. The Morgan fingerprint density at radius 1 is 1.26 bits per heavy atom. The minimum absolute atomic E-state index is 0.0902. The molecule has 2 amide bonds. The van der Waals surface area contributed by atoms with E-state index in [1.165, 1.54) is 12.1 Å². The van der Waals surface area contributed by atoms with Gasteiger partial charge in [0.1, 0.15) is 17.7 Å². The van der Waals surface area contributed by atoms with E-state index in [9.17, 15) is 23.6 Å². The smallest absolute Gasteiger partial charge is 0.242 e. The lowest BCUT2D eigenvalue weighted by atomic mass is 10.0. The van der Waals surface area contributed by atoms with Crippen molar-refractivity contribution in [1.82, 2.24) is 14.7 Å². The molecule has 5 rings (SSSR count). The van der Waals surface area contributed by atoms with Gasteiger partial charge in [0.25, 0.3) is 0 Å². The van der Waals surface area contributed by atoms with E-state index in [4.69, 9.17) is 5.73 Å². The summed E-state index contributed by atoms with van der Waals surface area (Å²) in [6.07, 6.45) is 2.27. The Balaban J connectivity index is 1.24. The van der Waals surface area contributed by atoms with Crippen molar-refractivity contribution in [2.24, 2.45) is 11.7 Å². The molecule has 1 aromatic rings. The van der Waals surface area contributed by atoms with Gasteiger partial charge < -0.3 is 15.5 Å². The van der Waals surface area contributed by atoms with Crippen LogP contribution in [0.4, 0.5) is 8.78 Å². The monoisotopic (exact) mass is 429 g/mol. The molecule has 7 nitrogen and oxygen atoms in total. The van der Waals surface area contributed by atoms with Crippen LogP contribution in [0.25, 0.3) is 0 Å². The number of carbonyl (C=O) groups excluding carboxylic acids is 2. The molecule has 2 bridgehead atoms. The standard InChI is InChI=1S/C22H25F2N5O2/c1-11(12-2-14(23)6-15(24)3-12)28-17-7-20(22(28)31)27(9-17)10-18(26)21(30)29-16(8-25)4-13-5-19(13)29/h2-3,6,11,13,16-20H,4-5,7,9-10,26H2,1H3/t11-,13-,16+,17+,18+,19+,20+/m1/s1. The molecule has 2 N–H and O–H groups in total. The molecule has 3 aliphatic heterocycles. The summed E-state index contributed by atoms with van der Waals surface area (Å²) in [7, 11) is 0. The molecule has 9 heteroatoms. The van der Waals surface area contributed by atoms with Gasteiger partial charge in [0.2, 0.25) is 11.8 Å². The third-order valence-electron chi connectivity index (χ3n) is 7.36. The minimum Gasteiger partial charge on any atom is -0.330 e. The molecule has 164 valence electrons. The Morgan fingerprint density at radius 3 is 2.61 bits per heavy atom. The fraction of sp³-hybridized carbons (Fsp3) is 0.591. The van der Waals surface area contributed by atoms with Gasteiger partial charge in [-0.3, -0.25) is 14.5 Å². The number of fused-ring (bicyclic) bond motifs is 3. The number of likely N-dealkylation sites (tertiary alicyclic amines) is 3. The molecule has 0 radical (unpaired) electrons. The van der Waals surface area contributed by atoms with Crippen LogP contribution in [0, 0.1) is 28.9 Å². The van der Waals surface area contributed by atoms with Gasteiger partial charge in [-0.05, 0) is 49.8 Å². The van der Waals surface area contributed by atoms with E-state index >= 15 is 0 Å². The molecule has 7 atom stereocenters. The van der Waals surface area contributed by atoms with Crippen LogP contribution < -0.4 is 5.73 Å². The number of nitriles is 1. The van der Waals surface area contributed by atoms with Gasteiger partial charge in [0, 0.05) is 31.2 Å². The summed E-state index contributed by atoms with van der Waals surface area (Å²) >= 11 is 0. The lowest BCUT2D eigenvalue weighted by molar-refractivity contribution is -0.141. The molecular weight excluding hydrogens is 404 g/mol. The normalized spacial score (nSPS) is 33.4. The Bertz CT molecular complexity index is 961. The van der Waals surface area contributed by atoms with Gasteiger partial charge in [0.15, 0.2) is 0 Å². The predicted octanol–water partition coefficient (Wildman–Crippen LogP) is 1.15. The van der Waals surface area contributed by atoms with Crippen molar-refractivity contribution in [3.05, 3.63) is 35.4 Å². The largest absolute Gasteiger partial charge is 0.330 e. The zero-order valence-electron chi connectivity index (χ0n) is 17.2. The van der Waals surface area contributed by atoms with E-state index in [2.05, 4.69) is 6.07 Å². The van der Waals surface area contributed by atoms with Crippen molar-refractivity contribution in [3.8, 4) is 6.07 Å². The van der Waals surface area contributed by atoms with Crippen molar-refractivity contribution in [3.63, 3.8) is 0 Å². The molecule has 4 fully saturated rings. The van der Waals surface area contributed by atoms with Crippen molar-refractivity contribution >= 4 is 11.8 Å². The second kappa shape index (κ2) is 7.24. The Kier molecular flexibility index (Phi) is 4.75. The van der Waals surface area contributed by atoms with Gasteiger partial charge in [-0.2, -0.15) is 5.26 Å². The lowest BCUT2D eigenvalue weighted by Gasteiger charge is -2.38. The number of hydrogen-bond acceptors (Lipinski definition) is 5. The van der Waals surface area contributed by atoms with Crippen LogP contribution >= 0.6 is 0 Å². The van der Waals surface area contributed by atoms with Crippen LogP contribution in [-0.4, -0.2) is 69.8 Å². The molecule has 1 aliphatic carbocycles. The molecule has 1 saturated carbocycles. The second-order valence-corrected chi connectivity index (χ2v) is 9.28. The molecule has 0 spiro atoms. The number of carbonyl (C=O) groups is 2. The number of piperazine rings is 1. The number of nitrogens with zero attached hydrogens (tertiary/aromatic N) is 4. The van der Waals surface area contributed by atoms with Gasteiger partial charge in [-0.15, -0.1) is 0 Å². The van der Waals surface area contributed by atoms with Gasteiger partial charge in [-0.1, -0.05) is 0 Å². The average molecular weight is 429 g/mol. The summed E-state index contributed by atoms with van der Waals surface area (Å²) < 4.78 is 27.3. The number of nitrogens with two attached hydrogens (primary N) is 1. The van der Waals surface area contributed by atoms with Gasteiger partial charge >= 0.3 is 0 Å². The highest BCUT2D eigenvalue weighted by Gasteiger charge is 2.56. The van der Waals surface area contributed by atoms with E-state index in [1.807, 2.05) is 4.90 Å². The fourth-order valence-electron chi connectivity index (χ4n) is 5.79. The van der Waals surface area contributed by atoms with Gasteiger partial charge in [-0.25, -0.2) is 8.78 Å². The Labute approximate surface area is 179 Å². The first-order chi connectivity index (χ1) is 14.8. The minimum atomic E-state index is -0.787. The van der Waals surface area contributed by atoms with E-state index < -0.39 is 29.8 Å². The van der Waals surface area contributed by atoms with Crippen molar-refractivity contribution < 1.29 is 18.4 Å². The van der Waals surface area contributed by atoms with Crippen molar-refractivity contribution in [2.45, 2.75) is 62.4 Å². The summed E-state index contributed by atoms with van der Waals surface area (Å²) in [5, 5.41) is 9.33. The van der Waals surface area contributed by atoms with E-state index in [0.717, 1.165) is 18.9 Å². The maximum absolute atomic E-state index is 13.6. The number of amides is 2. The van der Waals surface area contributed by atoms with E-state index in [0.29, 0.717) is 24.4 Å². The second-order valence-electron chi connectivity index (χ2n) is 9.28. The summed E-state index contributed by atoms with van der Waals surface area (Å²) in [6.45, 7) is 2.59. The zero-order valence-corrected chi connectivity index (χ0v) is 17.2. The quantitative estimate of drug-likeness (QED) is 0.758. The summed E-state index contributed by atoms with van der Waals surface area (Å²) in [5.74, 6) is -1.23. The van der Waals surface area contributed by atoms with Crippen molar-refractivity contribution in [1.29, 1.82) is 5.26 Å². The maximum Gasteiger partial charge on any atom is 0.242 e. The number of rotatable bonds is 5. The zero-order chi connectivity index (χ0) is 22.0. The van der Waals surface area contributed by atoms with E-state index in [-0.39, 0.29) is 36.5 Å². The third-order valence-corrected chi connectivity index (χ3v) is 7.36. The molecule has 3 saturated heterocycles. The van der Waals surface area contributed by atoms with E-state index in [1.54, 1.807) is 16.7 Å². The first-order valence-corrected chi connectivity index (χ1v) is 10.8. The predicted molar refractivity (Wildman–Crippen MR) is 106 cm³/mol. The van der Waals surface area contributed by atoms with Gasteiger partial charge in [0.05, 0.1) is 24.2 Å². The summed E-state index contributed by atoms with van der Waals surface area (Å²) in [5.41, 5.74) is 6.64. The first kappa shape index (κ1) is 20.3. The first-order valence-electron chi connectivity index (χ1n) is 10.8. The number of halogens is 2. The molecule has 4 aliphatic rings. The topological polar surface area (TPSA) is 93.7 Å². The SMILES string of the molecule is C[C@H](c1cc(F)cc(F)c1)N1C(=O)[C@@H]2C[C@H]1CN2C[C@H](N)C(=O)N1[C@H](C#N)C[C@@H]2C[C@@H]21. The van der Waals surface area contributed by atoms with Crippen molar-refractivity contribution in [2.75, 3.05) is 13.1 Å². The number of hydrogen-bond donors (Lipinski definition) is 1. The maximum atomic E-state index is 13.6. The Hall–Kier alpha value is -2.57. The highest BCUT2D eigenvalue weighted by Crippen LogP contribution is 2.48.